The normalized spacial score (nSPS) is 11.9. The molecule has 2 aromatic rings. The Morgan fingerprint density at radius 1 is 1.29 bits per heavy atom. The Morgan fingerprint density at radius 2 is 2.00 bits per heavy atom. The van der Waals surface area contributed by atoms with Crippen LogP contribution in [0, 0.1) is 0 Å². The summed E-state index contributed by atoms with van der Waals surface area (Å²) in [5, 5.41) is 13.1. The number of carboxylic acids is 1. The number of carboxylic acid groups (broad SMARTS) is 1. The number of nitrogens with one attached hydrogen (secondary N) is 1. The van der Waals surface area contributed by atoms with E-state index in [4.69, 9.17) is 0 Å². The van der Waals surface area contributed by atoms with Gasteiger partial charge in [0.25, 0.3) is 0 Å². The van der Waals surface area contributed by atoms with Crippen molar-refractivity contribution in [1.82, 2.24) is 9.88 Å². The van der Waals surface area contributed by atoms with Crippen molar-refractivity contribution in [2.24, 2.45) is 0 Å². The largest absolute Gasteiger partial charge is 0.478 e. The summed E-state index contributed by atoms with van der Waals surface area (Å²) >= 11 is 0. The molecule has 0 saturated carbocycles. The van der Waals surface area contributed by atoms with E-state index in [1.54, 1.807) is 18.2 Å². The average Bonchev–Trinajstić information content (AvgIpc) is 2.44. The lowest BCUT2D eigenvalue weighted by Gasteiger charge is -2.32. The van der Waals surface area contributed by atoms with Gasteiger partial charge in [0.2, 0.25) is 0 Å². The molecule has 0 aliphatic carbocycles. The number of fused-ring (bicyclic) bond motifs is 1. The van der Waals surface area contributed by atoms with Crippen molar-refractivity contribution in [2.75, 3.05) is 26.0 Å². The molecule has 5 heteroatoms. The number of hydrogen-bond acceptors (Lipinski definition) is 4. The fourth-order valence-corrected chi connectivity index (χ4v) is 1.90. The Morgan fingerprint density at radius 3 is 2.62 bits per heavy atom. The summed E-state index contributed by atoms with van der Waals surface area (Å²) in [6.07, 6.45) is 0. The zero-order chi connectivity index (χ0) is 15.6. The molecule has 1 heterocycles. The highest BCUT2D eigenvalue weighted by Crippen LogP contribution is 2.20. The number of benzene rings is 1. The molecular weight excluding hydrogens is 266 g/mol. The quantitative estimate of drug-likeness (QED) is 0.885. The second-order valence-electron chi connectivity index (χ2n) is 5.93. The number of anilines is 1. The molecule has 2 N–H and O–H groups in total. The van der Waals surface area contributed by atoms with Crippen molar-refractivity contribution in [3.63, 3.8) is 0 Å². The number of pyridine rings is 1. The molecule has 1 aromatic heterocycles. The third-order valence-electron chi connectivity index (χ3n) is 3.88. The SMILES string of the molecule is CN(C)C(C)(C)CNc1ccc2c(C(=O)O)cccc2n1. The van der Waals surface area contributed by atoms with Crippen molar-refractivity contribution < 1.29 is 9.90 Å². The zero-order valence-corrected chi connectivity index (χ0v) is 12.8. The van der Waals surface area contributed by atoms with Gasteiger partial charge in [0.1, 0.15) is 5.82 Å². The molecule has 0 amide bonds. The lowest BCUT2D eigenvalue weighted by molar-refractivity contribution is 0.0699. The Balaban J connectivity index is 2.26. The molecule has 0 aliphatic rings. The molecule has 0 aliphatic heterocycles. The van der Waals surface area contributed by atoms with E-state index in [1.165, 1.54) is 0 Å². The first-order chi connectivity index (χ1) is 9.81. The summed E-state index contributed by atoms with van der Waals surface area (Å²) in [6.45, 7) is 5.03. The van der Waals surface area contributed by atoms with Crippen LogP contribution < -0.4 is 5.32 Å². The summed E-state index contributed by atoms with van der Waals surface area (Å²) in [5.41, 5.74) is 0.960. The first kappa shape index (κ1) is 15.3. The maximum absolute atomic E-state index is 11.2. The van der Waals surface area contributed by atoms with Crippen LogP contribution in [0.1, 0.15) is 24.2 Å². The van der Waals surface area contributed by atoms with Crippen LogP contribution in [0.3, 0.4) is 0 Å². The van der Waals surface area contributed by atoms with Gasteiger partial charge in [-0.05, 0) is 52.2 Å². The standard InChI is InChI=1S/C16H21N3O2/c1-16(2,19(3)4)10-17-14-9-8-11-12(15(20)21)6-5-7-13(11)18-14/h5-9H,10H2,1-4H3,(H,17,18)(H,20,21). The second-order valence-corrected chi connectivity index (χ2v) is 5.93. The van der Waals surface area contributed by atoms with Gasteiger partial charge in [0, 0.05) is 17.5 Å². The minimum atomic E-state index is -0.933. The first-order valence-corrected chi connectivity index (χ1v) is 6.85. The van der Waals surface area contributed by atoms with Crippen LogP contribution in [0.5, 0.6) is 0 Å². The number of hydrogen-bond donors (Lipinski definition) is 2. The molecule has 0 atom stereocenters. The van der Waals surface area contributed by atoms with Gasteiger partial charge < -0.3 is 15.3 Å². The van der Waals surface area contributed by atoms with Gasteiger partial charge >= 0.3 is 5.97 Å². The molecule has 0 bridgehead atoms. The van der Waals surface area contributed by atoms with Crippen LogP contribution in [-0.4, -0.2) is 47.1 Å². The molecule has 2 rings (SSSR count). The van der Waals surface area contributed by atoms with Gasteiger partial charge in [-0.3, -0.25) is 0 Å². The lowest BCUT2D eigenvalue weighted by atomic mass is 10.0. The van der Waals surface area contributed by atoms with E-state index in [1.807, 2.05) is 26.2 Å². The molecule has 0 fully saturated rings. The van der Waals surface area contributed by atoms with E-state index in [0.29, 0.717) is 10.9 Å². The van der Waals surface area contributed by atoms with E-state index < -0.39 is 5.97 Å². The monoisotopic (exact) mass is 287 g/mol. The summed E-state index contributed by atoms with van der Waals surface area (Å²) in [5.74, 6) is -0.184. The van der Waals surface area contributed by atoms with Crippen molar-refractivity contribution in [1.29, 1.82) is 0 Å². The van der Waals surface area contributed by atoms with E-state index in [0.717, 1.165) is 12.4 Å². The topological polar surface area (TPSA) is 65.5 Å². The maximum Gasteiger partial charge on any atom is 0.336 e. The van der Waals surface area contributed by atoms with Crippen LogP contribution in [0.4, 0.5) is 5.82 Å². The van der Waals surface area contributed by atoms with Crippen molar-refractivity contribution >= 4 is 22.7 Å². The van der Waals surface area contributed by atoms with Crippen molar-refractivity contribution in [3.8, 4) is 0 Å². The highest BCUT2D eigenvalue weighted by molar-refractivity contribution is 6.02. The summed E-state index contributed by atoms with van der Waals surface area (Å²) < 4.78 is 0. The molecule has 21 heavy (non-hydrogen) atoms. The van der Waals surface area contributed by atoms with Crippen LogP contribution in [0.15, 0.2) is 30.3 Å². The fraction of sp³-hybridized carbons (Fsp3) is 0.375. The molecule has 0 unspecified atom stereocenters. The Bertz CT molecular complexity index is 666. The Hall–Kier alpha value is -2.14. The molecular formula is C16H21N3O2. The molecule has 0 spiro atoms. The van der Waals surface area contributed by atoms with Crippen LogP contribution in [0.2, 0.25) is 0 Å². The number of aromatic nitrogens is 1. The van der Waals surface area contributed by atoms with Crippen molar-refractivity contribution in [2.45, 2.75) is 19.4 Å². The summed E-state index contributed by atoms with van der Waals surface area (Å²) in [7, 11) is 4.07. The minimum absolute atomic E-state index is 0.000447. The Labute approximate surface area is 124 Å². The van der Waals surface area contributed by atoms with Gasteiger partial charge in [-0.25, -0.2) is 9.78 Å². The minimum Gasteiger partial charge on any atom is -0.478 e. The number of carbonyl (C=O) groups is 1. The van der Waals surface area contributed by atoms with E-state index in [-0.39, 0.29) is 11.1 Å². The summed E-state index contributed by atoms with van der Waals surface area (Å²) in [4.78, 5) is 17.8. The van der Waals surface area contributed by atoms with Gasteiger partial charge in [-0.15, -0.1) is 0 Å². The highest BCUT2D eigenvalue weighted by Gasteiger charge is 2.20. The van der Waals surface area contributed by atoms with Crippen LogP contribution in [-0.2, 0) is 0 Å². The Kier molecular flexibility index (Phi) is 4.14. The smallest absolute Gasteiger partial charge is 0.336 e. The zero-order valence-electron chi connectivity index (χ0n) is 12.8. The third kappa shape index (κ3) is 3.31. The predicted octanol–water partition coefficient (Wildman–Crippen LogP) is 2.69. The van der Waals surface area contributed by atoms with Crippen LogP contribution in [0.25, 0.3) is 10.9 Å². The number of rotatable bonds is 5. The second kappa shape index (κ2) is 5.69. The van der Waals surface area contributed by atoms with Gasteiger partial charge in [0.05, 0.1) is 11.1 Å². The number of aromatic carboxylic acids is 1. The van der Waals surface area contributed by atoms with E-state index in [9.17, 15) is 9.90 Å². The third-order valence-corrected chi connectivity index (χ3v) is 3.88. The summed E-state index contributed by atoms with van der Waals surface area (Å²) in [6, 6.07) is 8.75. The van der Waals surface area contributed by atoms with Crippen LogP contribution >= 0.6 is 0 Å². The molecule has 5 nitrogen and oxygen atoms in total. The fourth-order valence-electron chi connectivity index (χ4n) is 1.90. The molecule has 0 radical (unpaired) electrons. The van der Waals surface area contributed by atoms with Crippen molar-refractivity contribution in [3.05, 3.63) is 35.9 Å². The maximum atomic E-state index is 11.2. The van der Waals surface area contributed by atoms with E-state index in [2.05, 4.69) is 29.0 Å². The molecule has 0 saturated heterocycles. The van der Waals surface area contributed by atoms with Gasteiger partial charge in [-0.1, -0.05) is 6.07 Å². The molecule has 1 aromatic carbocycles. The average molecular weight is 287 g/mol. The predicted molar refractivity (Wildman–Crippen MR) is 85.0 cm³/mol. The molecule has 112 valence electrons. The lowest BCUT2D eigenvalue weighted by Crippen LogP contribution is -2.44. The number of likely N-dealkylation sites (N-methyl/N-ethyl adjacent to an activating group) is 1. The van der Waals surface area contributed by atoms with Gasteiger partial charge in [0.15, 0.2) is 0 Å². The van der Waals surface area contributed by atoms with Gasteiger partial charge in [-0.2, -0.15) is 0 Å². The first-order valence-electron chi connectivity index (χ1n) is 6.85. The number of nitrogens with zero attached hydrogens (tertiary/aromatic N) is 2. The highest BCUT2D eigenvalue weighted by atomic mass is 16.4. The van der Waals surface area contributed by atoms with E-state index >= 15 is 0 Å².